The lowest BCUT2D eigenvalue weighted by Crippen LogP contribution is -2.05. The van der Waals surface area contributed by atoms with Crippen molar-refractivity contribution in [1.29, 1.82) is 0 Å². The molecule has 0 unspecified atom stereocenters. The van der Waals surface area contributed by atoms with Crippen LogP contribution in [0.5, 0.6) is 0 Å². The molecule has 0 amide bonds. The molecule has 0 radical (unpaired) electrons. The molecule has 0 fully saturated rings. The highest BCUT2D eigenvalue weighted by Crippen LogP contribution is 2.28. The van der Waals surface area contributed by atoms with Gasteiger partial charge in [-0.05, 0) is 35.4 Å². The first-order valence-electron chi connectivity index (χ1n) is 8.89. The van der Waals surface area contributed by atoms with E-state index in [0.29, 0.717) is 11.9 Å². The Balaban J connectivity index is 1.59. The zero-order chi connectivity index (χ0) is 19.1. The first-order valence-corrected chi connectivity index (χ1v) is 8.89. The van der Waals surface area contributed by atoms with Crippen molar-refractivity contribution in [2.24, 2.45) is 0 Å². The van der Waals surface area contributed by atoms with Crippen LogP contribution < -0.4 is 0 Å². The van der Waals surface area contributed by atoms with Gasteiger partial charge in [-0.1, -0.05) is 18.2 Å². The molecule has 6 heteroatoms. The summed E-state index contributed by atoms with van der Waals surface area (Å²) in [5, 5.41) is 11.3. The summed E-state index contributed by atoms with van der Waals surface area (Å²) >= 11 is 0. The Labute approximate surface area is 160 Å². The van der Waals surface area contributed by atoms with Gasteiger partial charge in [-0.15, -0.1) is 0 Å². The number of aromatic amines is 1. The Kier molecular flexibility index (Phi) is 3.69. The van der Waals surface area contributed by atoms with Gasteiger partial charge in [-0.2, -0.15) is 0 Å². The average Bonchev–Trinajstić information content (AvgIpc) is 3.33. The van der Waals surface area contributed by atoms with E-state index < -0.39 is 6.09 Å². The van der Waals surface area contributed by atoms with Crippen LogP contribution >= 0.6 is 0 Å². The van der Waals surface area contributed by atoms with Gasteiger partial charge in [0.2, 0.25) is 0 Å². The van der Waals surface area contributed by atoms with Gasteiger partial charge in [-0.3, -0.25) is 9.55 Å². The summed E-state index contributed by atoms with van der Waals surface area (Å²) in [4.78, 5) is 23.4. The Hall–Kier alpha value is -3.93. The van der Waals surface area contributed by atoms with E-state index in [1.54, 1.807) is 12.4 Å². The van der Waals surface area contributed by atoms with Crippen LogP contribution in [-0.2, 0) is 6.42 Å². The third kappa shape index (κ3) is 2.63. The molecule has 28 heavy (non-hydrogen) atoms. The van der Waals surface area contributed by atoms with Crippen LogP contribution in [-0.4, -0.2) is 30.7 Å². The van der Waals surface area contributed by atoms with Gasteiger partial charge in [0.1, 0.15) is 5.65 Å². The number of nitrogens with zero attached hydrogens (tertiary/aromatic N) is 3. The molecule has 4 aromatic heterocycles. The Bertz CT molecular complexity index is 1320. The van der Waals surface area contributed by atoms with Crippen LogP contribution in [0.15, 0.2) is 73.4 Å². The van der Waals surface area contributed by atoms with Gasteiger partial charge in [0.25, 0.3) is 0 Å². The lowest BCUT2D eigenvalue weighted by molar-refractivity contribution is 0.197. The molecule has 0 bridgehead atoms. The Morgan fingerprint density at radius 1 is 1.04 bits per heavy atom. The summed E-state index contributed by atoms with van der Waals surface area (Å²) < 4.78 is 1.25. The molecule has 0 spiro atoms. The number of benzene rings is 1. The number of hydrogen-bond donors (Lipinski definition) is 2. The van der Waals surface area contributed by atoms with Gasteiger partial charge in [0, 0.05) is 59.3 Å². The maximum absolute atomic E-state index is 11.4. The Morgan fingerprint density at radius 2 is 1.96 bits per heavy atom. The number of carbonyl (C=O) groups is 1. The summed E-state index contributed by atoms with van der Waals surface area (Å²) in [6.07, 6.45) is 8.67. The number of hydrogen-bond acceptors (Lipinski definition) is 3. The largest absolute Gasteiger partial charge is 0.464 e. The summed E-state index contributed by atoms with van der Waals surface area (Å²) in [5.74, 6) is 0. The summed E-state index contributed by atoms with van der Waals surface area (Å²) in [7, 11) is 0. The number of nitrogens with one attached hydrogen (secondary N) is 1. The van der Waals surface area contributed by atoms with E-state index in [1.165, 1.54) is 4.57 Å². The smallest absolute Gasteiger partial charge is 0.415 e. The minimum absolute atomic E-state index is 0.680. The zero-order valence-corrected chi connectivity index (χ0v) is 14.8. The SMILES string of the molecule is O=C(O)n1ccc2c(Cc3c[nH]c4ncc(-c5cccnc5)cc34)cccc21. The third-order valence-electron chi connectivity index (χ3n) is 5.02. The Morgan fingerprint density at radius 3 is 2.79 bits per heavy atom. The fraction of sp³-hybridized carbons (Fsp3) is 0.0455. The van der Waals surface area contributed by atoms with E-state index in [2.05, 4.69) is 21.0 Å². The third-order valence-corrected chi connectivity index (χ3v) is 5.02. The molecule has 4 heterocycles. The molecule has 0 aliphatic heterocycles. The van der Waals surface area contributed by atoms with Gasteiger partial charge in [0.05, 0.1) is 5.52 Å². The number of fused-ring (bicyclic) bond motifs is 2. The molecule has 0 saturated carbocycles. The van der Waals surface area contributed by atoms with Crippen LogP contribution in [0.2, 0.25) is 0 Å². The van der Waals surface area contributed by atoms with Crippen LogP contribution in [0, 0.1) is 0 Å². The predicted octanol–water partition coefficient (Wildman–Crippen LogP) is 4.70. The number of pyridine rings is 2. The topological polar surface area (TPSA) is 83.8 Å². The quantitative estimate of drug-likeness (QED) is 0.484. The maximum Gasteiger partial charge on any atom is 0.415 e. The second kappa shape index (κ2) is 6.35. The first-order chi connectivity index (χ1) is 13.7. The van der Waals surface area contributed by atoms with Crippen molar-refractivity contribution in [3.05, 3.63) is 84.6 Å². The minimum atomic E-state index is -0.982. The number of rotatable bonds is 3. The normalized spacial score (nSPS) is 11.3. The van der Waals surface area contributed by atoms with Crippen molar-refractivity contribution >= 4 is 28.0 Å². The molecule has 136 valence electrons. The first kappa shape index (κ1) is 16.3. The molecule has 5 aromatic rings. The van der Waals surface area contributed by atoms with Crippen molar-refractivity contribution in [2.45, 2.75) is 6.42 Å². The molecule has 6 nitrogen and oxygen atoms in total. The average molecular weight is 368 g/mol. The lowest BCUT2D eigenvalue weighted by atomic mass is 10.0. The van der Waals surface area contributed by atoms with Crippen LogP contribution in [0.3, 0.4) is 0 Å². The lowest BCUT2D eigenvalue weighted by Gasteiger charge is -2.05. The zero-order valence-electron chi connectivity index (χ0n) is 14.8. The molecule has 0 aliphatic rings. The summed E-state index contributed by atoms with van der Waals surface area (Å²) in [6.45, 7) is 0. The van der Waals surface area contributed by atoms with E-state index >= 15 is 0 Å². The highest BCUT2D eigenvalue weighted by molar-refractivity contribution is 5.92. The number of H-pyrrole nitrogens is 1. The molecule has 0 atom stereocenters. The molecule has 0 aliphatic carbocycles. The summed E-state index contributed by atoms with van der Waals surface area (Å²) in [5.41, 5.74) is 5.74. The summed E-state index contributed by atoms with van der Waals surface area (Å²) in [6, 6.07) is 13.6. The monoisotopic (exact) mass is 368 g/mol. The second-order valence-electron chi connectivity index (χ2n) is 6.67. The van der Waals surface area contributed by atoms with E-state index in [9.17, 15) is 9.90 Å². The predicted molar refractivity (Wildman–Crippen MR) is 107 cm³/mol. The molecule has 1 aromatic carbocycles. The standard InChI is InChI=1S/C22H16N4O2/c27-22(28)26-8-6-18-14(3-1-5-20(18)26)9-17-13-25-21-19(17)10-16(12-24-21)15-4-2-7-23-11-15/h1-8,10-13H,9H2,(H,24,25)(H,27,28). The van der Waals surface area contributed by atoms with Gasteiger partial charge < -0.3 is 10.1 Å². The molecule has 5 rings (SSSR count). The van der Waals surface area contributed by atoms with E-state index in [0.717, 1.165) is 38.7 Å². The van der Waals surface area contributed by atoms with Crippen molar-refractivity contribution in [3.8, 4) is 11.1 Å². The maximum atomic E-state index is 11.4. The molecular formula is C22H16N4O2. The number of carboxylic acid groups (broad SMARTS) is 1. The molecule has 2 N–H and O–H groups in total. The minimum Gasteiger partial charge on any atom is -0.464 e. The van der Waals surface area contributed by atoms with Crippen molar-refractivity contribution in [3.63, 3.8) is 0 Å². The number of aromatic nitrogens is 4. The molecule has 0 saturated heterocycles. The van der Waals surface area contributed by atoms with E-state index in [-0.39, 0.29) is 0 Å². The van der Waals surface area contributed by atoms with Crippen molar-refractivity contribution < 1.29 is 9.90 Å². The van der Waals surface area contributed by atoms with Crippen LogP contribution in [0.1, 0.15) is 11.1 Å². The highest BCUT2D eigenvalue weighted by Gasteiger charge is 2.13. The van der Waals surface area contributed by atoms with Crippen molar-refractivity contribution in [2.75, 3.05) is 0 Å². The van der Waals surface area contributed by atoms with Crippen molar-refractivity contribution in [1.82, 2.24) is 19.5 Å². The second-order valence-corrected chi connectivity index (χ2v) is 6.67. The van der Waals surface area contributed by atoms with Crippen LogP contribution in [0.25, 0.3) is 33.1 Å². The van der Waals surface area contributed by atoms with E-state index in [1.807, 2.05) is 55.0 Å². The fourth-order valence-corrected chi connectivity index (χ4v) is 3.65. The van der Waals surface area contributed by atoms with Gasteiger partial charge in [0.15, 0.2) is 0 Å². The van der Waals surface area contributed by atoms with E-state index in [4.69, 9.17) is 0 Å². The fourth-order valence-electron chi connectivity index (χ4n) is 3.65. The van der Waals surface area contributed by atoms with Crippen LogP contribution in [0.4, 0.5) is 4.79 Å². The van der Waals surface area contributed by atoms with Gasteiger partial charge in [-0.25, -0.2) is 9.78 Å². The van der Waals surface area contributed by atoms with Gasteiger partial charge >= 0.3 is 6.09 Å². The highest BCUT2D eigenvalue weighted by atomic mass is 16.4. The molecular weight excluding hydrogens is 352 g/mol.